The molecular weight excluding hydrogens is 356 g/mol. The highest BCUT2D eigenvalue weighted by atomic mass is 16.4. The number of rotatable bonds is 5. The molecule has 2 atom stereocenters. The molecule has 152 valence electrons. The summed E-state index contributed by atoms with van der Waals surface area (Å²) in [6.45, 7) is 4.09. The first kappa shape index (κ1) is 20.4. The van der Waals surface area contributed by atoms with Crippen molar-refractivity contribution in [3.63, 3.8) is 0 Å². The van der Waals surface area contributed by atoms with Gasteiger partial charge >= 0.3 is 0 Å². The molecule has 2 aliphatic rings. The number of nitrogens with one attached hydrogen (secondary N) is 2. The molecule has 28 heavy (non-hydrogen) atoms. The molecule has 1 heterocycles. The molecule has 1 fully saturated rings. The summed E-state index contributed by atoms with van der Waals surface area (Å²) in [7, 11) is 1.54. The number of hydrogen-bond acceptors (Lipinski definition) is 4. The molecule has 1 aromatic rings. The smallest absolute Gasteiger partial charge is 0.286 e. The Bertz CT molecular complexity index is 784. The van der Waals surface area contributed by atoms with Crippen molar-refractivity contribution in [1.29, 1.82) is 0 Å². The van der Waals surface area contributed by atoms with Crippen LogP contribution in [-0.4, -0.2) is 36.1 Å². The molecule has 1 aromatic heterocycles. The number of aliphatic hydroxyl groups is 1. The highest BCUT2D eigenvalue weighted by Gasteiger charge is 2.30. The lowest BCUT2D eigenvalue weighted by molar-refractivity contribution is 0.0864. The van der Waals surface area contributed by atoms with Crippen LogP contribution >= 0.6 is 0 Å². The van der Waals surface area contributed by atoms with Gasteiger partial charge in [-0.25, -0.2) is 0 Å². The average molecular weight is 386 g/mol. The number of aliphatic hydroxyl groups excluding tert-OH is 1. The molecule has 0 radical (unpaired) electrons. The van der Waals surface area contributed by atoms with Crippen molar-refractivity contribution in [2.24, 2.45) is 5.92 Å². The Morgan fingerprint density at radius 3 is 2.54 bits per heavy atom. The minimum Gasteiger partial charge on any atom is -0.455 e. The molecule has 0 saturated heterocycles. The third kappa shape index (κ3) is 4.55. The third-order valence-corrected chi connectivity index (χ3v) is 5.86. The zero-order chi connectivity index (χ0) is 20.3. The lowest BCUT2D eigenvalue weighted by Crippen LogP contribution is -2.38. The monoisotopic (exact) mass is 386 g/mol. The van der Waals surface area contributed by atoms with Crippen molar-refractivity contribution in [3.8, 4) is 0 Å². The number of hydrogen-bond donors (Lipinski definition) is 3. The zero-order valence-electron chi connectivity index (χ0n) is 16.8. The summed E-state index contributed by atoms with van der Waals surface area (Å²) in [6, 6.07) is 1.59. The number of carbonyl (C=O) groups excluding carboxylic acids is 2. The standard InChI is InChI=1S/C22H30N2O4/c1-13-4-6-15(7-5-13)14(2)20-18(12-19(28-20)22(27)23-3)21(26)24-16-8-10-17(25)11-9-16/h4-6,12,14-17,25H,7-11H2,1-3H3,(H,23,27)(H,24,26)/t14-,15?,16?,17?/m0/s1. The van der Waals surface area contributed by atoms with Crippen LogP contribution in [0.5, 0.6) is 0 Å². The van der Waals surface area contributed by atoms with E-state index in [1.807, 2.05) is 6.92 Å². The van der Waals surface area contributed by atoms with Crippen molar-refractivity contribution in [1.82, 2.24) is 10.6 Å². The summed E-state index contributed by atoms with van der Waals surface area (Å²) < 4.78 is 5.87. The second-order valence-corrected chi connectivity index (χ2v) is 7.94. The first-order valence-electron chi connectivity index (χ1n) is 10.1. The fourth-order valence-electron chi connectivity index (χ4n) is 3.95. The van der Waals surface area contributed by atoms with E-state index in [0.717, 1.165) is 19.3 Å². The van der Waals surface area contributed by atoms with Crippen LogP contribution in [-0.2, 0) is 0 Å². The molecule has 0 spiro atoms. The summed E-state index contributed by atoms with van der Waals surface area (Å²) in [5.74, 6) is 0.322. The van der Waals surface area contributed by atoms with Crippen LogP contribution in [0.25, 0.3) is 0 Å². The number of amides is 2. The Balaban J connectivity index is 1.82. The van der Waals surface area contributed by atoms with Crippen molar-refractivity contribution in [3.05, 3.63) is 47.0 Å². The van der Waals surface area contributed by atoms with Crippen molar-refractivity contribution < 1.29 is 19.1 Å². The van der Waals surface area contributed by atoms with Gasteiger partial charge in [-0.1, -0.05) is 30.7 Å². The number of furan rings is 1. The highest BCUT2D eigenvalue weighted by Crippen LogP contribution is 2.35. The first-order valence-corrected chi connectivity index (χ1v) is 10.1. The van der Waals surface area contributed by atoms with E-state index in [2.05, 4.69) is 35.8 Å². The summed E-state index contributed by atoms with van der Waals surface area (Å²) in [5, 5.41) is 15.3. The van der Waals surface area contributed by atoms with Gasteiger partial charge in [0.05, 0.1) is 11.7 Å². The summed E-state index contributed by atoms with van der Waals surface area (Å²) >= 11 is 0. The van der Waals surface area contributed by atoms with E-state index in [1.165, 1.54) is 5.57 Å². The zero-order valence-corrected chi connectivity index (χ0v) is 16.8. The van der Waals surface area contributed by atoms with Gasteiger partial charge in [0.2, 0.25) is 0 Å². The minimum atomic E-state index is -0.344. The van der Waals surface area contributed by atoms with Gasteiger partial charge in [-0.05, 0) is 44.9 Å². The maximum absolute atomic E-state index is 13.0. The van der Waals surface area contributed by atoms with E-state index in [4.69, 9.17) is 4.42 Å². The van der Waals surface area contributed by atoms with Crippen LogP contribution in [0.2, 0.25) is 0 Å². The van der Waals surface area contributed by atoms with Gasteiger partial charge in [-0.15, -0.1) is 0 Å². The van der Waals surface area contributed by atoms with Gasteiger partial charge < -0.3 is 20.2 Å². The van der Waals surface area contributed by atoms with Crippen molar-refractivity contribution in [2.75, 3.05) is 7.05 Å². The maximum Gasteiger partial charge on any atom is 0.286 e. The minimum absolute atomic E-state index is 0.0343. The second-order valence-electron chi connectivity index (χ2n) is 7.94. The van der Waals surface area contributed by atoms with Gasteiger partial charge in [0.15, 0.2) is 5.76 Å². The Morgan fingerprint density at radius 1 is 1.21 bits per heavy atom. The van der Waals surface area contributed by atoms with Gasteiger partial charge in [-0.2, -0.15) is 0 Å². The Morgan fingerprint density at radius 2 is 1.93 bits per heavy atom. The van der Waals surface area contributed by atoms with Gasteiger partial charge in [0.1, 0.15) is 5.76 Å². The SMILES string of the molecule is CNC(=O)c1cc(C(=O)NC2CCC(O)CC2)c([C@@H](C)C2C=CC(C)=CC2)o1. The van der Waals surface area contributed by atoms with Gasteiger partial charge in [-0.3, -0.25) is 9.59 Å². The van der Waals surface area contributed by atoms with Gasteiger partial charge in [0.25, 0.3) is 11.8 Å². The van der Waals surface area contributed by atoms with Crippen LogP contribution in [0.15, 0.2) is 34.3 Å². The topological polar surface area (TPSA) is 91.6 Å². The lowest BCUT2D eigenvalue weighted by atomic mass is 9.84. The number of allylic oxidation sites excluding steroid dienone is 4. The molecule has 3 N–H and O–H groups in total. The predicted molar refractivity (Wildman–Crippen MR) is 107 cm³/mol. The van der Waals surface area contributed by atoms with E-state index in [-0.39, 0.29) is 41.6 Å². The van der Waals surface area contributed by atoms with E-state index >= 15 is 0 Å². The second kappa shape index (κ2) is 8.78. The van der Waals surface area contributed by atoms with Crippen LogP contribution in [0.1, 0.15) is 78.5 Å². The Labute approximate surface area is 166 Å². The first-order chi connectivity index (χ1) is 13.4. The average Bonchev–Trinajstić information content (AvgIpc) is 3.15. The summed E-state index contributed by atoms with van der Waals surface area (Å²) in [5.41, 5.74) is 1.66. The summed E-state index contributed by atoms with van der Waals surface area (Å²) in [4.78, 5) is 25.1. The fraction of sp³-hybridized carbons (Fsp3) is 0.545. The molecule has 1 saturated carbocycles. The number of carbonyl (C=O) groups is 2. The third-order valence-electron chi connectivity index (χ3n) is 5.86. The summed E-state index contributed by atoms with van der Waals surface area (Å²) in [6.07, 6.45) is 9.92. The Hall–Kier alpha value is -2.34. The van der Waals surface area contributed by atoms with E-state index < -0.39 is 0 Å². The molecule has 0 aromatic carbocycles. The van der Waals surface area contributed by atoms with Crippen LogP contribution < -0.4 is 10.6 Å². The van der Waals surface area contributed by atoms with Crippen molar-refractivity contribution >= 4 is 11.8 Å². The maximum atomic E-state index is 13.0. The fourth-order valence-corrected chi connectivity index (χ4v) is 3.95. The molecular formula is C22H30N2O4. The molecule has 0 bridgehead atoms. The predicted octanol–water partition coefficient (Wildman–Crippen LogP) is 3.30. The van der Waals surface area contributed by atoms with E-state index in [0.29, 0.717) is 24.2 Å². The van der Waals surface area contributed by atoms with E-state index in [1.54, 1.807) is 13.1 Å². The molecule has 3 rings (SSSR count). The molecule has 2 aliphatic carbocycles. The quantitative estimate of drug-likeness (QED) is 0.724. The van der Waals surface area contributed by atoms with Crippen molar-refractivity contribution in [2.45, 2.75) is 64.0 Å². The largest absolute Gasteiger partial charge is 0.455 e. The van der Waals surface area contributed by atoms with Crippen LogP contribution in [0, 0.1) is 5.92 Å². The molecule has 1 unspecified atom stereocenters. The molecule has 6 heteroatoms. The Kier molecular flexibility index (Phi) is 6.39. The van der Waals surface area contributed by atoms with Crippen LogP contribution in [0.4, 0.5) is 0 Å². The van der Waals surface area contributed by atoms with Gasteiger partial charge in [0, 0.05) is 25.1 Å². The lowest BCUT2D eigenvalue weighted by Gasteiger charge is -2.26. The molecule has 6 nitrogen and oxygen atoms in total. The van der Waals surface area contributed by atoms with Crippen LogP contribution in [0.3, 0.4) is 0 Å². The molecule has 0 aliphatic heterocycles. The molecule has 2 amide bonds. The normalized spacial score (nSPS) is 25.7. The van der Waals surface area contributed by atoms with E-state index in [9.17, 15) is 14.7 Å². The highest BCUT2D eigenvalue weighted by molar-refractivity contribution is 5.99.